The van der Waals surface area contributed by atoms with Crippen LogP contribution in [0.4, 0.5) is 0 Å². The van der Waals surface area contributed by atoms with Crippen LogP contribution in [0.3, 0.4) is 0 Å². The summed E-state index contributed by atoms with van der Waals surface area (Å²) >= 11 is 12.5. The minimum Gasteiger partial charge on any atom is -0.349 e. The van der Waals surface area contributed by atoms with Crippen molar-refractivity contribution in [3.63, 3.8) is 0 Å². The van der Waals surface area contributed by atoms with Gasteiger partial charge in [0.05, 0.1) is 11.0 Å². The highest BCUT2D eigenvalue weighted by Crippen LogP contribution is 2.27. The fourth-order valence-electron chi connectivity index (χ4n) is 3.85. The Kier molecular flexibility index (Phi) is 5.88. The Labute approximate surface area is 174 Å². The van der Waals surface area contributed by atoms with E-state index in [9.17, 15) is 4.79 Å². The van der Waals surface area contributed by atoms with Crippen LogP contribution in [0, 0.1) is 0 Å². The molecule has 28 heavy (non-hydrogen) atoms. The summed E-state index contributed by atoms with van der Waals surface area (Å²) in [5.41, 5.74) is 3.16. The number of benzene rings is 2. The van der Waals surface area contributed by atoms with Crippen LogP contribution in [-0.2, 0) is 6.42 Å². The van der Waals surface area contributed by atoms with Gasteiger partial charge in [-0.25, -0.2) is 4.98 Å². The van der Waals surface area contributed by atoms with Gasteiger partial charge >= 0.3 is 0 Å². The molecule has 0 radical (unpaired) electrons. The number of H-pyrrole nitrogens is 1. The Morgan fingerprint density at radius 3 is 2.50 bits per heavy atom. The van der Waals surface area contributed by atoms with Crippen LogP contribution in [-0.4, -0.2) is 21.9 Å². The molecular weight excluding hydrogens is 393 g/mol. The van der Waals surface area contributed by atoms with Crippen LogP contribution >= 0.6 is 23.2 Å². The summed E-state index contributed by atoms with van der Waals surface area (Å²) in [5, 5.41) is 4.44. The molecule has 1 fully saturated rings. The smallest absolute Gasteiger partial charge is 0.251 e. The highest BCUT2D eigenvalue weighted by molar-refractivity contribution is 6.36. The standard InChI is InChI=1S/C22H23Cl2N3O/c23-17-8-5-9-18(24)16(17)13-21-26-19-11-10-14(12-20(19)27-21)22(28)25-15-6-3-1-2-4-7-15/h5,8-12,15H,1-4,6-7,13H2,(H,25,28)(H,26,27). The molecule has 1 aliphatic carbocycles. The average Bonchev–Trinajstić information content (AvgIpc) is 2.91. The molecule has 0 bridgehead atoms. The van der Waals surface area contributed by atoms with Crippen molar-refractivity contribution in [1.82, 2.24) is 15.3 Å². The average molecular weight is 416 g/mol. The van der Waals surface area contributed by atoms with Gasteiger partial charge in [0.15, 0.2) is 0 Å². The van der Waals surface area contributed by atoms with Crippen LogP contribution in [0.5, 0.6) is 0 Å². The fourth-order valence-corrected chi connectivity index (χ4v) is 4.38. The van der Waals surface area contributed by atoms with Gasteiger partial charge < -0.3 is 10.3 Å². The molecule has 1 aromatic heterocycles. The molecule has 1 aliphatic rings. The predicted molar refractivity (Wildman–Crippen MR) is 114 cm³/mol. The molecule has 1 saturated carbocycles. The molecule has 3 aromatic rings. The first-order chi connectivity index (χ1) is 13.6. The van der Waals surface area contributed by atoms with Gasteiger partial charge in [0.2, 0.25) is 0 Å². The normalized spacial score (nSPS) is 15.5. The minimum atomic E-state index is -0.0147. The number of hydrogen-bond acceptors (Lipinski definition) is 2. The lowest BCUT2D eigenvalue weighted by Gasteiger charge is -2.16. The molecule has 1 heterocycles. The third kappa shape index (κ3) is 4.34. The summed E-state index contributed by atoms with van der Waals surface area (Å²) in [6, 6.07) is 11.3. The summed E-state index contributed by atoms with van der Waals surface area (Å²) in [4.78, 5) is 20.6. The summed E-state index contributed by atoms with van der Waals surface area (Å²) in [6.45, 7) is 0. The number of fused-ring (bicyclic) bond motifs is 1. The van der Waals surface area contributed by atoms with Gasteiger partial charge in [-0.1, -0.05) is 55.0 Å². The Balaban J connectivity index is 1.52. The lowest BCUT2D eigenvalue weighted by atomic mass is 10.1. The number of aromatic amines is 1. The van der Waals surface area contributed by atoms with Crippen molar-refractivity contribution in [2.45, 2.75) is 51.0 Å². The van der Waals surface area contributed by atoms with Crippen molar-refractivity contribution in [3.05, 3.63) is 63.4 Å². The molecule has 4 rings (SSSR count). The van der Waals surface area contributed by atoms with Crippen molar-refractivity contribution in [2.24, 2.45) is 0 Å². The van der Waals surface area contributed by atoms with Crippen molar-refractivity contribution in [2.75, 3.05) is 0 Å². The molecular formula is C22H23Cl2N3O. The molecule has 0 saturated heterocycles. The van der Waals surface area contributed by atoms with E-state index in [1.807, 2.05) is 36.4 Å². The Hall–Kier alpha value is -2.04. The van der Waals surface area contributed by atoms with Crippen molar-refractivity contribution in [1.29, 1.82) is 0 Å². The van der Waals surface area contributed by atoms with Crippen LogP contribution < -0.4 is 5.32 Å². The largest absolute Gasteiger partial charge is 0.349 e. The first-order valence-electron chi connectivity index (χ1n) is 9.82. The molecule has 1 amide bonds. The number of imidazole rings is 1. The van der Waals surface area contributed by atoms with Crippen LogP contribution in [0.15, 0.2) is 36.4 Å². The molecule has 0 aliphatic heterocycles. The second-order valence-electron chi connectivity index (χ2n) is 7.45. The van der Waals surface area contributed by atoms with Gasteiger partial charge in [-0.15, -0.1) is 0 Å². The van der Waals surface area contributed by atoms with Gasteiger partial charge in [0.1, 0.15) is 5.82 Å². The number of nitrogens with one attached hydrogen (secondary N) is 2. The third-order valence-electron chi connectivity index (χ3n) is 5.39. The van der Waals surface area contributed by atoms with Gasteiger partial charge in [-0.2, -0.15) is 0 Å². The molecule has 0 spiro atoms. The van der Waals surface area contributed by atoms with Crippen molar-refractivity contribution in [3.8, 4) is 0 Å². The van der Waals surface area contributed by atoms with E-state index >= 15 is 0 Å². The van der Waals surface area contributed by atoms with E-state index in [1.54, 1.807) is 0 Å². The maximum atomic E-state index is 12.7. The lowest BCUT2D eigenvalue weighted by Crippen LogP contribution is -2.34. The first kappa shape index (κ1) is 19.3. The maximum Gasteiger partial charge on any atom is 0.251 e. The number of carbonyl (C=O) groups is 1. The van der Waals surface area contributed by atoms with Gasteiger partial charge in [-0.05, 0) is 48.7 Å². The van der Waals surface area contributed by atoms with E-state index in [0.29, 0.717) is 22.0 Å². The maximum absolute atomic E-state index is 12.7. The van der Waals surface area contributed by atoms with E-state index in [4.69, 9.17) is 23.2 Å². The highest BCUT2D eigenvalue weighted by atomic mass is 35.5. The number of rotatable bonds is 4. The summed E-state index contributed by atoms with van der Waals surface area (Å²) in [5.74, 6) is 0.755. The zero-order valence-electron chi connectivity index (χ0n) is 15.6. The number of halogens is 2. The quantitative estimate of drug-likeness (QED) is 0.519. The van der Waals surface area contributed by atoms with Gasteiger partial charge in [0, 0.05) is 28.1 Å². The number of carbonyl (C=O) groups excluding carboxylic acids is 1. The zero-order chi connectivity index (χ0) is 19.5. The van der Waals surface area contributed by atoms with Crippen LogP contribution in [0.2, 0.25) is 10.0 Å². The third-order valence-corrected chi connectivity index (χ3v) is 6.10. The Morgan fingerprint density at radius 2 is 1.79 bits per heavy atom. The topological polar surface area (TPSA) is 57.8 Å². The van der Waals surface area contributed by atoms with E-state index < -0.39 is 0 Å². The number of amides is 1. The Bertz CT molecular complexity index is 970. The second-order valence-corrected chi connectivity index (χ2v) is 8.27. The molecule has 0 unspecified atom stereocenters. The monoisotopic (exact) mass is 415 g/mol. The number of nitrogens with zero attached hydrogens (tertiary/aromatic N) is 1. The van der Waals surface area contributed by atoms with Crippen molar-refractivity contribution < 1.29 is 4.79 Å². The molecule has 6 heteroatoms. The van der Waals surface area contributed by atoms with Gasteiger partial charge in [0.25, 0.3) is 5.91 Å². The minimum absolute atomic E-state index is 0.0147. The summed E-state index contributed by atoms with van der Waals surface area (Å²) in [7, 11) is 0. The van der Waals surface area contributed by atoms with E-state index in [0.717, 1.165) is 35.3 Å². The molecule has 146 valence electrons. The summed E-state index contributed by atoms with van der Waals surface area (Å²) in [6.07, 6.45) is 7.57. The first-order valence-corrected chi connectivity index (χ1v) is 10.6. The van der Waals surface area contributed by atoms with Gasteiger partial charge in [-0.3, -0.25) is 4.79 Å². The SMILES string of the molecule is O=C(NC1CCCCCC1)c1ccc2nc(Cc3c(Cl)cccc3Cl)[nH]c2c1. The van der Waals surface area contributed by atoms with Crippen molar-refractivity contribution >= 4 is 40.1 Å². The number of aromatic nitrogens is 2. The van der Waals surface area contributed by atoms with E-state index in [-0.39, 0.29) is 11.9 Å². The second kappa shape index (κ2) is 8.54. The molecule has 2 aromatic carbocycles. The predicted octanol–water partition coefficient (Wildman–Crippen LogP) is 5.91. The zero-order valence-corrected chi connectivity index (χ0v) is 17.1. The number of hydrogen-bond donors (Lipinski definition) is 2. The van der Waals surface area contributed by atoms with Crippen LogP contribution in [0.25, 0.3) is 11.0 Å². The fraction of sp³-hybridized carbons (Fsp3) is 0.364. The Morgan fingerprint density at radius 1 is 1.07 bits per heavy atom. The van der Waals surface area contributed by atoms with Crippen LogP contribution in [0.1, 0.15) is 60.3 Å². The molecule has 4 nitrogen and oxygen atoms in total. The van der Waals surface area contributed by atoms with E-state index in [2.05, 4.69) is 15.3 Å². The van der Waals surface area contributed by atoms with E-state index in [1.165, 1.54) is 25.7 Å². The summed E-state index contributed by atoms with van der Waals surface area (Å²) < 4.78 is 0. The molecule has 0 atom stereocenters. The lowest BCUT2D eigenvalue weighted by molar-refractivity contribution is 0.0933. The molecule has 2 N–H and O–H groups in total. The highest BCUT2D eigenvalue weighted by Gasteiger charge is 2.17.